The fourth-order valence-electron chi connectivity index (χ4n) is 2.83. The van der Waals surface area contributed by atoms with Gasteiger partial charge < -0.3 is 14.6 Å². The van der Waals surface area contributed by atoms with Gasteiger partial charge in [-0.25, -0.2) is 0 Å². The van der Waals surface area contributed by atoms with Gasteiger partial charge in [0.1, 0.15) is 5.75 Å². The van der Waals surface area contributed by atoms with E-state index >= 15 is 0 Å². The summed E-state index contributed by atoms with van der Waals surface area (Å²) in [4.78, 5) is 0. The Labute approximate surface area is 108 Å². The van der Waals surface area contributed by atoms with Crippen LogP contribution in [0.3, 0.4) is 0 Å². The Morgan fingerprint density at radius 2 is 1.94 bits per heavy atom. The average Bonchev–Trinajstić information content (AvgIpc) is 2.82. The summed E-state index contributed by atoms with van der Waals surface area (Å²) in [5.41, 5.74) is 1.27. The number of benzene rings is 1. The Bertz CT molecular complexity index is 396. The van der Waals surface area contributed by atoms with Crippen LogP contribution in [0.5, 0.6) is 5.75 Å². The van der Waals surface area contributed by atoms with E-state index < -0.39 is 0 Å². The van der Waals surface area contributed by atoms with Gasteiger partial charge in [-0.3, -0.25) is 0 Å². The van der Waals surface area contributed by atoms with Crippen LogP contribution in [0.15, 0.2) is 24.3 Å². The van der Waals surface area contributed by atoms with Crippen molar-refractivity contribution in [1.82, 2.24) is 0 Å². The molecule has 1 aromatic carbocycles. The SMILES string of the molecule is OC1CCC(OCC2COc3ccccc32)CC1. The molecule has 1 N–H and O–H groups in total. The molecule has 0 saturated heterocycles. The highest BCUT2D eigenvalue weighted by molar-refractivity contribution is 5.39. The lowest BCUT2D eigenvalue weighted by Crippen LogP contribution is -2.26. The molecule has 0 spiro atoms. The topological polar surface area (TPSA) is 38.7 Å². The molecule has 0 amide bonds. The third kappa shape index (κ3) is 2.52. The Balaban J connectivity index is 1.53. The van der Waals surface area contributed by atoms with Crippen molar-refractivity contribution in [1.29, 1.82) is 0 Å². The Morgan fingerprint density at radius 3 is 2.78 bits per heavy atom. The van der Waals surface area contributed by atoms with Gasteiger partial charge in [0.05, 0.1) is 25.4 Å². The van der Waals surface area contributed by atoms with Gasteiger partial charge in [-0.05, 0) is 31.7 Å². The maximum Gasteiger partial charge on any atom is 0.123 e. The summed E-state index contributed by atoms with van der Waals surface area (Å²) in [6.07, 6.45) is 3.93. The van der Waals surface area contributed by atoms with E-state index in [9.17, 15) is 5.11 Å². The number of para-hydroxylation sites is 1. The standard InChI is InChI=1S/C15H20O3/c16-12-5-7-13(8-6-12)17-9-11-10-18-15-4-2-1-3-14(11)15/h1-4,11-13,16H,5-10H2. The maximum atomic E-state index is 9.46. The van der Waals surface area contributed by atoms with E-state index in [0.29, 0.717) is 12.0 Å². The summed E-state index contributed by atoms with van der Waals surface area (Å²) < 4.78 is 11.6. The quantitative estimate of drug-likeness (QED) is 0.893. The van der Waals surface area contributed by atoms with Crippen molar-refractivity contribution in [3.05, 3.63) is 29.8 Å². The zero-order chi connectivity index (χ0) is 12.4. The van der Waals surface area contributed by atoms with Crippen molar-refractivity contribution >= 4 is 0 Å². The molecule has 1 heterocycles. The largest absolute Gasteiger partial charge is 0.493 e. The zero-order valence-corrected chi connectivity index (χ0v) is 10.5. The van der Waals surface area contributed by atoms with Crippen molar-refractivity contribution in [2.45, 2.75) is 43.8 Å². The van der Waals surface area contributed by atoms with Crippen LogP contribution in [0.2, 0.25) is 0 Å². The van der Waals surface area contributed by atoms with Crippen LogP contribution in [-0.2, 0) is 4.74 Å². The summed E-state index contributed by atoms with van der Waals surface area (Å²) in [5, 5.41) is 9.46. The molecule has 0 aromatic heterocycles. The first-order chi connectivity index (χ1) is 8.83. The molecule has 1 unspecified atom stereocenters. The van der Waals surface area contributed by atoms with Crippen molar-refractivity contribution in [2.75, 3.05) is 13.2 Å². The molecular weight excluding hydrogens is 228 g/mol. The summed E-state index contributed by atoms with van der Waals surface area (Å²) in [6, 6.07) is 8.20. The molecule has 18 heavy (non-hydrogen) atoms. The summed E-state index contributed by atoms with van der Waals surface area (Å²) in [6.45, 7) is 1.46. The number of aliphatic hydroxyl groups excluding tert-OH is 1. The molecule has 1 aliphatic carbocycles. The number of rotatable bonds is 3. The first kappa shape index (κ1) is 12.0. The molecule has 1 fully saturated rings. The van der Waals surface area contributed by atoms with Crippen molar-refractivity contribution in [3.63, 3.8) is 0 Å². The van der Waals surface area contributed by atoms with Crippen LogP contribution in [-0.4, -0.2) is 30.5 Å². The number of aliphatic hydroxyl groups is 1. The van der Waals surface area contributed by atoms with Gasteiger partial charge in [0.15, 0.2) is 0 Å². The molecule has 1 saturated carbocycles. The van der Waals surface area contributed by atoms with Gasteiger partial charge in [0, 0.05) is 11.5 Å². The zero-order valence-electron chi connectivity index (χ0n) is 10.5. The third-order valence-corrected chi connectivity index (χ3v) is 3.98. The molecule has 98 valence electrons. The second-order valence-electron chi connectivity index (χ2n) is 5.31. The Morgan fingerprint density at radius 1 is 1.17 bits per heavy atom. The fraction of sp³-hybridized carbons (Fsp3) is 0.600. The monoisotopic (exact) mass is 248 g/mol. The van der Waals surface area contributed by atoms with E-state index in [1.54, 1.807) is 0 Å². The van der Waals surface area contributed by atoms with Crippen LogP contribution >= 0.6 is 0 Å². The van der Waals surface area contributed by atoms with Crippen LogP contribution in [0.25, 0.3) is 0 Å². The lowest BCUT2D eigenvalue weighted by atomic mass is 9.95. The van der Waals surface area contributed by atoms with Gasteiger partial charge in [0.25, 0.3) is 0 Å². The van der Waals surface area contributed by atoms with Gasteiger partial charge in [-0.1, -0.05) is 18.2 Å². The Kier molecular flexibility index (Phi) is 3.52. The average molecular weight is 248 g/mol. The van der Waals surface area contributed by atoms with Crippen molar-refractivity contribution in [2.24, 2.45) is 0 Å². The molecule has 2 aliphatic rings. The first-order valence-corrected chi connectivity index (χ1v) is 6.84. The smallest absolute Gasteiger partial charge is 0.123 e. The number of fused-ring (bicyclic) bond motifs is 1. The highest BCUT2D eigenvalue weighted by Gasteiger charge is 2.26. The minimum absolute atomic E-state index is 0.111. The molecule has 1 aromatic rings. The van der Waals surface area contributed by atoms with Crippen molar-refractivity contribution in [3.8, 4) is 5.75 Å². The van der Waals surface area contributed by atoms with E-state index in [-0.39, 0.29) is 6.10 Å². The van der Waals surface area contributed by atoms with Crippen LogP contribution in [0.1, 0.15) is 37.2 Å². The van der Waals surface area contributed by atoms with Crippen LogP contribution in [0, 0.1) is 0 Å². The first-order valence-electron chi connectivity index (χ1n) is 6.84. The minimum Gasteiger partial charge on any atom is -0.493 e. The highest BCUT2D eigenvalue weighted by Crippen LogP contribution is 2.34. The highest BCUT2D eigenvalue weighted by atomic mass is 16.5. The summed E-state index contributed by atoms with van der Waals surface area (Å²) in [7, 11) is 0. The summed E-state index contributed by atoms with van der Waals surface area (Å²) >= 11 is 0. The minimum atomic E-state index is -0.111. The number of hydrogen-bond donors (Lipinski definition) is 1. The van der Waals surface area contributed by atoms with Crippen molar-refractivity contribution < 1.29 is 14.6 Å². The van der Waals surface area contributed by atoms with Crippen LogP contribution in [0.4, 0.5) is 0 Å². The second kappa shape index (κ2) is 5.29. The number of ether oxygens (including phenoxy) is 2. The van der Waals surface area contributed by atoms with E-state index in [0.717, 1.165) is 44.6 Å². The van der Waals surface area contributed by atoms with Gasteiger partial charge in [0.2, 0.25) is 0 Å². The molecule has 1 aliphatic heterocycles. The normalized spacial score (nSPS) is 30.8. The lowest BCUT2D eigenvalue weighted by Gasteiger charge is -2.26. The molecular formula is C15H20O3. The Hall–Kier alpha value is -1.06. The molecule has 1 atom stereocenters. The van der Waals surface area contributed by atoms with E-state index in [4.69, 9.17) is 9.47 Å². The summed E-state index contributed by atoms with van der Waals surface area (Å²) in [5.74, 6) is 1.37. The number of hydrogen-bond acceptors (Lipinski definition) is 3. The molecule has 3 nitrogen and oxygen atoms in total. The molecule has 3 heteroatoms. The predicted octanol–water partition coefficient (Wildman–Crippen LogP) is 2.48. The molecule has 0 bridgehead atoms. The third-order valence-electron chi connectivity index (χ3n) is 3.98. The van der Waals surface area contributed by atoms with Crippen LogP contribution < -0.4 is 4.74 Å². The van der Waals surface area contributed by atoms with Gasteiger partial charge >= 0.3 is 0 Å². The molecule has 0 radical (unpaired) electrons. The van der Waals surface area contributed by atoms with Gasteiger partial charge in [-0.15, -0.1) is 0 Å². The molecule has 3 rings (SSSR count). The van der Waals surface area contributed by atoms with Gasteiger partial charge in [-0.2, -0.15) is 0 Å². The van der Waals surface area contributed by atoms with E-state index in [1.807, 2.05) is 12.1 Å². The second-order valence-corrected chi connectivity index (χ2v) is 5.31. The van der Waals surface area contributed by atoms with E-state index in [1.165, 1.54) is 5.56 Å². The predicted molar refractivity (Wildman–Crippen MR) is 68.9 cm³/mol. The van der Waals surface area contributed by atoms with E-state index in [2.05, 4.69) is 12.1 Å². The maximum absolute atomic E-state index is 9.46. The lowest BCUT2D eigenvalue weighted by molar-refractivity contribution is -0.0102. The fourth-order valence-corrected chi connectivity index (χ4v) is 2.83.